The first-order valence-corrected chi connectivity index (χ1v) is 7.30. The van der Waals surface area contributed by atoms with E-state index in [0.717, 1.165) is 11.5 Å². The lowest BCUT2D eigenvalue weighted by molar-refractivity contribution is 1.25. The fourth-order valence-corrected chi connectivity index (χ4v) is 2.81. The maximum absolute atomic E-state index is 4.55. The van der Waals surface area contributed by atoms with Gasteiger partial charge in [0.15, 0.2) is 0 Å². The van der Waals surface area contributed by atoms with E-state index in [1.165, 1.54) is 16.8 Å². The molecule has 2 aromatic carbocycles. The molecule has 4 rings (SSSR count). The van der Waals surface area contributed by atoms with Gasteiger partial charge in [0.1, 0.15) is 5.82 Å². The lowest BCUT2D eigenvalue weighted by Gasteiger charge is -2.17. The minimum atomic E-state index is 0.929. The Balaban J connectivity index is 1.76. The first-order valence-electron chi connectivity index (χ1n) is 7.30. The largest absolute Gasteiger partial charge is 0.400 e. The molecule has 22 heavy (non-hydrogen) atoms. The number of hydrogen-bond acceptors (Lipinski definition) is 3. The normalized spacial score (nSPS) is 13.0. The number of aromatic nitrogens is 1. The van der Waals surface area contributed by atoms with Crippen LogP contribution in [0.1, 0.15) is 0 Å². The molecule has 105 valence electrons. The molecule has 0 spiro atoms. The number of nitrogens with zero attached hydrogens (tertiary/aromatic N) is 3. The molecule has 1 aromatic heterocycles. The Labute approximate surface area is 131 Å². The van der Waals surface area contributed by atoms with Gasteiger partial charge in [0.25, 0.3) is 0 Å². The average Bonchev–Trinajstić information content (AvgIpc) is 2.93. The molecule has 1 radical (unpaired) electrons. The molecule has 0 atom stereocenters. The number of benzene rings is 2. The van der Waals surface area contributed by atoms with Crippen LogP contribution >= 0.6 is 0 Å². The fraction of sp³-hybridized carbons (Fsp3) is 0.0556. The molecule has 4 heteroatoms. The molecule has 0 bridgehead atoms. The lowest BCUT2D eigenvalue weighted by atomic mass is 10.0. The second-order valence-corrected chi connectivity index (χ2v) is 5.35. The summed E-state index contributed by atoms with van der Waals surface area (Å²) in [6.45, 7) is 0. The highest BCUT2D eigenvalue weighted by Crippen LogP contribution is 2.38. The van der Waals surface area contributed by atoms with Crippen molar-refractivity contribution >= 4 is 24.7 Å². The Morgan fingerprint density at radius 1 is 0.818 bits per heavy atom. The van der Waals surface area contributed by atoms with Gasteiger partial charge in [-0.25, -0.2) is 4.98 Å². The number of anilines is 3. The summed E-state index contributed by atoms with van der Waals surface area (Å²) in [7, 11) is 4.13. The Hall–Kier alpha value is -2.75. The molecule has 0 N–H and O–H groups in total. The van der Waals surface area contributed by atoms with Crippen LogP contribution in [0.4, 0.5) is 17.2 Å². The van der Waals surface area contributed by atoms with Gasteiger partial charge in [-0.1, -0.05) is 42.5 Å². The van der Waals surface area contributed by atoms with Crippen LogP contribution in [0.5, 0.6) is 0 Å². The summed E-state index contributed by atoms with van der Waals surface area (Å²) in [5.41, 5.74) is 4.72. The average molecular weight is 284 g/mol. The maximum Gasteiger partial charge on any atom is 0.397 e. The molecule has 3 aromatic rings. The molecular weight excluding hydrogens is 269 g/mol. The lowest BCUT2D eigenvalue weighted by Crippen LogP contribution is -2.29. The van der Waals surface area contributed by atoms with Gasteiger partial charge in [0.2, 0.25) is 0 Å². The molecule has 1 aliphatic rings. The molecule has 3 nitrogen and oxygen atoms in total. The molecule has 0 saturated heterocycles. The number of fused-ring (bicyclic) bond motifs is 1. The van der Waals surface area contributed by atoms with E-state index >= 15 is 0 Å². The van der Waals surface area contributed by atoms with Gasteiger partial charge in [-0.2, -0.15) is 0 Å². The molecule has 2 heterocycles. The van der Waals surface area contributed by atoms with Gasteiger partial charge in [-0.3, -0.25) is 0 Å². The van der Waals surface area contributed by atoms with Crippen LogP contribution in [0.15, 0.2) is 72.9 Å². The number of pyridine rings is 1. The van der Waals surface area contributed by atoms with Gasteiger partial charge < -0.3 is 9.62 Å². The van der Waals surface area contributed by atoms with Crippen molar-refractivity contribution in [3.8, 4) is 11.1 Å². The van der Waals surface area contributed by atoms with Crippen molar-refractivity contribution in [1.29, 1.82) is 0 Å². The summed E-state index contributed by atoms with van der Waals surface area (Å²) in [6.07, 6.45) is 1.87. The summed E-state index contributed by atoms with van der Waals surface area (Å²) >= 11 is 0. The Morgan fingerprint density at radius 2 is 1.55 bits per heavy atom. The Kier molecular flexibility index (Phi) is 3.08. The number of hydrogen-bond donors (Lipinski definition) is 0. The third-order valence-corrected chi connectivity index (χ3v) is 3.91. The second-order valence-electron chi connectivity index (χ2n) is 5.35. The predicted octanol–water partition coefficient (Wildman–Crippen LogP) is 3.87. The summed E-state index contributed by atoms with van der Waals surface area (Å²) in [4.78, 5) is 8.79. The van der Waals surface area contributed by atoms with Crippen LogP contribution in [0, 0.1) is 0 Å². The van der Waals surface area contributed by atoms with E-state index < -0.39 is 0 Å². The van der Waals surface area contributed by atoms with Crippen LogP contribution in [0.2, 0.25) is 0 Å². The molecule has 0 saturated carbocycles. The van der Waals surface area contributed by atoms with E-state index in [0.29, 0.717) is 0 Å². The molecule has 0 amide bonds. The van der Waals surface area contributed by atoms with Crippen molar-refractivity contribution in [3.05, 3.63) is 72.9 Å². The summed E-state index contributed by atoms with van der Waals surface area (Å²) in [5.74, 6) is 0.929. The quantitative estimate of drug-likeness (QED) is 0.666. The Bertz CT molecular complexity index is 804. The van der Waals surface area contributed by atoms with Crippen LogP contribution in [0.25, 0.3) is 11.1 Å². The van der Waals surface area contributed by atoms with Gasteiger partial charge in [0, 0.05) is 11.9 Å². The molecule has 0 aliphatic carbocycles. The van der Waals surface area contributed by atoms with Crippen molar-refractivity contribution < 1.29 is 0 Å². The second kappa shape index (κ2) is 5.22. The zero-order valence-corrected chi connectivity index (χ0v) is 12.3. The standard InChI is InChI=1S/C18H15BN3/c1-21-16-9-5-6-10-17(16)22(19-21)18-13-15(11-12-20-18)14-7-3-2-4-8-14/h2-13H,1H3. The zero-order valence-electron chi connectivity index (χ0n) is 12.3. The SMILES string of the molecule is CN1[B]N(c2cc(-c3ccccc3)ccn2)c2ccccc21. The van der Waals surface area contributed by atoms with Crippen molar-refractivity contribution in [2.45, 2.75) is 0 Å². The zero-order chi connectivity index (χ0) is 14.9. The van der Waals surface area contributed by atoms with E-state index in [1.807, 2.05) is 18.3 Å². The smallest absolute Gasteiger partial charge is 0.397 e. The summed E-state index contributed by atoms with van der Waals surface area (Å²) < 4.78 is 0. The van der Waals surface area contributed by atoms with E-state index in [-0.39, 0.29) is 0 Å². The molecule has 0 fully saturated rings. The van der Waals surface area contributed by atoms with Crippen LogP contribution in [-0.4, -0.2) is 19.6 Å². The van der Waals surface area contributed by atoms with E-state index in [4.69, 9.17) is 0 Å². The highest BCUT2D eigenvalue weighted by atomic mass is 15.3. The van der Waals surface area contributed by atoms with Gasteiger partial charge in [-0.15, -0.1) is 0 Å². The topological polar surface area (TPSA) is 19.4 Å². The predicted molar refractivity (Wildman–Crippen MR) is 92.4 cm³/mol. The maximum atomic E-state index is 4.55. The molecule has 0 unspecified atom stereocenters. The first kappa shape index (κ1) is 13.0. The van der Waals surface area contributed by atoms with Gasteiger partial charge in [0.05, 0.1) is 5.69 Å². The van der Waals surface area contributed by atoms with Crippen LogP contribution in [-0.2, 0) is 0 Å². The van der Waals surface area contributed by atoms with E-state index in [9.17, 15) is 0 Å². The first-order chi connectivity index (χ1) is 10.8. The van der Waals surface area contributed by atoms with Crippen LogP contribution < -0.4 is 9.62 Å². The Morgan fingerprint density at radius 3 is 2.36 bits per heavy atom. The van der Waals surface area contributed by atoms with E-state index in [2.05, 4.69) is 83.8 Å². The molecular formula is C18H15BN3. The highest BCUT2D eigenvalue weighted by molar-refractivity contribution is 6.52. The van der Waals surface area contributed by atoms with Crippen molar-refractivity contribution in [3.63, 3.8) is 0 Å². The minimum Gasteiger partial charge on any atom is -0.400 e. The summed E-state index contributed by atoms with van der Waals surface area (Å²) in [5, 5.41) is 0. The number of para-hydroxylation sites is 2. The number of rotatable bonds is 2. The highest BCUT2D eigenvalue weighted by Gasteiger charge is 2.27. The minimum absolute atomic E-state index is 0.929. The van der Waals surface area contributed by atoms with Crippen molar-refractivity contribution in [1.82, 2.24) is 4.98 Å². The van der Waals surface area contributed by atoms with Gasteiger partial charge in [-0.05, 0) is 42.4 Å². The summed E-state index contributed by atoms with van der Waals surface area (Å²) in [6, 6.07) is 22.9. The van der Waals surface area contributed by atoms with E-state index in [1.54, 1.807) is 0 Å². The fourth-order valence-electron chi connectivity index (χ4n) is 2.81. The third kappa shape index (κ3) is 2.13. The van der Waals surface area contributed by atoms with Crippen LogP contribution in [0.3, 0.4) is 0 Å². The van der Waals surface area contributed by atoms with Crippen molar-refractivity contribution in [2.24, 2.45) is 0 Å². The van der Waals surface area contributed by atoms with Crippen molar-refractivity contribution in [2.75, 3.05) is 16.7 Å². The third-order valence-electron chi connectivity index (χ3n) is 3.91. The van der Waals surface area contributed by atoms with Gasteiger partial charge >= 0.3 is 7.55 Å². The molecule has 1 aliphatic heterocycles. The monoisotopic (exact) mass is 284 g/mol.